The van der Waals surface area contributed by atoms with E-state index in [9.17, 15) is 4.79 Å². The van der Waals surface area contributed by atoms with E-state index >= 15 is 0 Å². The van der Waals surface area contributed by atoms with Gasteiger partial charge in [-0.1, -0.05) is 0 Å². The third-order valence-electron chi connectivity index (χ3n) is 4.43. The van der Waals surface area contributed by atoms with Crippen LogP contribution in [0.25, 0.3) is 0 Å². The van der Waals surface area contributed by atoms with Crippen LogP contribution >= 0.6 is 12.2 Å². The van der Waals surface area contributed by atoms with Crippen LogP contribution in [0.3, 0.4) is 0 Å². The molecule has 1 aromatic carbocycles. The average molecular weight is 347 g/mol. The molecular weight excluding hydrogens is 326 g/mol. The lowest BCUT2D eigenvalue weighted by Gasteiger charge is -2.29. The number of nitrogens with zero attached hydrogens (tertiary/aromatic N) is 1. The average Bonchev–Trinajstić information content (AvgIpc) is 2.55. The molecule has 2 N–H and O–H groups in total. The van der Waals surface area contributed by atoms with Crippen molar-refractivity contribution in [1.29, 1.82) is 0 Å². The van der Waals surface area contributed by atoms with Crippen LogP contribution in [0.15, 0.2) is 16.9 Å². The van der Waals surface area contributed by atoms with Crippen LogP contribution in [0.4, 0.5) is 0 Å². The zero-order chi connectivity index (χ0) is 17.3. The standard InChI is InChI=1S/C17H21N3O3S/c1-10-6-11(22-2)7-15(23-3)13(10)8-20-5-4-12-14(9-20)18-17(24)19-16(12)21/h6-7H,4-5,8-9H2,1-3H3,(H2,18,19,21,24). The quantitative estimate of drug-likeness (QED) is 0.831. The Labute approximate surface area is 145 Å². The van der Waals surface area contributed by atoms with Gasteiger partial charge in [-0.3, -0.25) is 14.7 Å². The summed E-state index contributed by atoms with van der Waals surface area (Å²) >= 11 is 5.08. The lowest BCUT2D eigenvalue weighted by atomic mass is 10.0. The van der Waals surface area contributed by atoms with Crippen LogP contribution in [-0.4, -0.2) is 35.6 Å². The van der Waals surface area contributed by atoms with Gasteiger partial charge in [0.15, 0.2) is 4.77 Å². The Morgan fingerprint density at radius 3 is 2.75 bits per heavy atom. The van der Waals surface area contributed by atoms with Crippen LogP contribution in [0.5, 0.6) is 11.5 Å². The molecule has 24 heavy (non-hydrogen) atoms. The van der Waals surface area contributed by atoms with Gasteiger partial charge in [0.25, 0.3) is 5.56 Å². The van der Waals surface area contributed by atoms with Gasteiger partial charge in [-0.2, -0.15) is 0 Å². The smallest absolute Gasteiger partial charge is 0.255 e. The number of H-pyrrole nitrogens is 2. The first-order valence-electron chi connectivity index (χ1n) is 7.80. The predicted octanol–water partition coefficient (Wildman–Crippen LogP) is 2.32. The van der Waals surface area contributed by atoms with E-state index in [-0.39, 0.29) is 5.56 Å². The number of hydrogen-bond acceptors (Lipinski definition) is 5. The lowest BCUT2D eigenvalue weighted by molar-refractivity contribution is 0.236. The van der Waals surface area contributed by atoms with Crippen LogP contribution in [0, 0.1) is 11.7 Å². The molecule has 0 atom stereocenters. The van der Waals surface area contributed by atoms with Crippen molar-refractivity contribution in [2.45, 2.75) is 26.4 Å². The number of aromatic nitrogens is 2. The topological polar surface area (TPSA) is 70.3 Å². The van der Waals surface area contributed by atoms with E-state index in [1.807, 2.05) is 12.1 Å². The highest BCUT2D eigenvalue weighted by atomic mass is 32.1. The Morgan fingerprint density at radius 1 is 1.25 bits per heavy atom. The molecule has 0 saturated carbocycles. The van der Waals surface area contributed by atoms with Gasteiger partial charge in [0.05, 0.1) is 14.2 Å². The minimum Gasteiger partial charge on any atom is -0.497 e. The first-order chi connectivity index (χ1) is 11.5. The molecule has 3 rings (SSSR count). The largest absolute Gasteiger partial charge is 0.497 e. The predicted molar refractivity (Wildman–Crippen MR) is 94.3 cm³/mol. The highest BCUT2D eigenvalue weighted by Crippen LogP contribution is 2.30. The number of fused-ring (bicyclic) bond motifs is 1. The summed E-state index contributed by atoms with van der Waals surface area (Å²) in [5.74, 6) is 1.60. The second-order valence-electron chi connectivity index (χ2n) is 5.95. The fourth-order valence-corrected chi connectivity index (χ4v) is 3.36. The van der Waals surface area contributed by atoms with Crippen molar-refractivity contribution in [2.75, 3.05) is 20.8 Å². The maximum atomic E-state index is 12.0. The van der Waals surface area contributed by atoms with E-state index in [2.05, 4.69) is 21.8 Å². The van der Waals surface area contributed by atoms with Gasteiger partial charge < -0.3 is 14.5 Å². The number of hydrogen-bond donors (Lipinski definition) is 2. The fraction of sp³-hybridized carbons (Fsp3) is 0.412. The molecule has 2 aromatic rings. The molecule has 0 bridgehead atoms. The first-order valence-corrected chi connectivity index (χ1v) is 8.21. The molecule has 0 saturated heterocycles. The second-order valence-corrected chi connectivity index (χ2v) is 6.36. The normalized spacial score (nSPS) is 14.3. The van der Waals surface area contributed by atoms with E-state index < -0.39 is 0 Å². The zero-order valence-electron chi connectivity index (χ0n) is 14.1. The molecule has 1 aromatic heterocycles. The van der Waals surface area contributed by atoms with Crippen molar-refractivity contribution < 1.29 is 9.47 Å². The maximum Gasteiger partial charge on any atom is 0.255 e. The van der Waals surface area contributed by atoms with Gasteiger partial charge in [-0.05, 0) is 37.2 Å². The highest BCUT2D eigenvalue weighted by Gasteiger charge is 2.21. The van der Waals surface area contributed by atoms with Crippen molar-refractivity contribution in [2.24, 2.45) is 0 Å². The highest BCUT2D eigenvalue weighted by molar-refractivity contribution is 7.71. The molecule has 1 aliphatic heterocycles. The molecule has 0 amide bonds. The van der Waals surface area contributed by atoms with E-state index in [0.29, 0.717) is 17.7 Å². The van der Waals surface area contributed by atoms with Gasteiger partial charge in [-0.15, -0.1) is 0 Å². The van der Waals surface area contributed by atoms with Crippen molar-refractivity contribution in [3.05, 3.63) is 49.6 Å². The Balaban J connectivity index is 1.88. The Bertz CT molecular complexity index is 872. The molecule has 6 nitrogen and oxygen atoms in total. The zero-order valence-corrected chi connectivity index (χ0v) is 14.9. The van der Waals surface area contributed by atoms with Gasteiger partial charge in [-0.25, -0.2) is 0 Å². The monoisotopic (exact) mass is 347 g/mol. The number of aromatic amines is 2. The molecule has 1 aliphatic rings. The number of ether oxygens (including phenoxy) is 2. The third kappa shape index (κ3) is 3.22. The van der Waals surface area contributed by atoms with Gasteiger partial charge in [0, 0.05) is 42.5 Å². The van der Waals surface area contributed by atoms with Crippen molar-refractivity contribution in [3.63, 3.8) is 0 Å². The number of aryl methyl sites for hydroxylation is 1. The van der Waals surface area contributed by atoms with Crippen molar-refractivity contribution >= 4 is 12.2 Å². The summed E-state index contributed by atoms with van der Waals surface area (Å²) in [6.45, 7) is 4.27. The Kier molecular flexibility index (Phi) is 4.73. The lowest BCUT2D eigenvalue weighted by Crippen LogP contribution is -2.35. The number of methoxy groups -OCH3 is 2. The van der Waals surface area contributed by atoms with Crippen LogP contribution in [0.1, 0.15) is 22.4 Å². The number of rotatable bonds is 4. The molecule has 0 radical (unpaired) electrons. The first kappa shape index (κ1) is 16.7. The summed E-state index contributed by atoms with van der Waals surface area (Å²) < 4.78 is 11.2. The summed E-state index contributed by atoms with van der Waals surface area (Å²) in [5, 5.41) is 0. The van der Waals surface area contributed by atoms with Crippen molar-refractivity contribution in [3.8, 4) is 11.5 Å². The van der Waals surface area contributed by atoms with Gasteiger partial charge >= 0.3 is 0 Å². The summed E-state index contributed by atoms with van der Waals surface area (Å²) in [5.41, 5.74) is 3.88. The minimum atomic E-state index is -0.0772. The molecule has 0 unspecified atom stereocenters. The molecule has 128 valence electrons. The third-order valence-corrected chi connectivity index (χ3v) is 4.64. The Morgan fingerprint density at radius 2 is 2.04 bits per heavy atom. The second kappa shape index (κ2) is 6.78. The summed E-state index contributed by atoms with van der Waals surface area (Å²) in [6, 6.07) is 3.91. The molecule has 2 heterocycles. The maximum absolute atomic E-state index is 12.0. The molecule has 0 aliphatic carbocycles. The summed E-state index contributed by atoms with van der Waals surface area (Å²) in [6.07, 6.45) is 0.703. The molecule has 0 fully saturated rings. The molecule has 0 spiro atoms. The molecule has 7 heteroatoms. The van der Waals surface area contributed by atoms with Crippen LogP contribution in [-0.2, 0) is 19.5 Å². The summed E-state index contributed by atoms with van der Waals surface area (Å²) in [4.78, 5) is 20.0. The minimum absolute atomic E-state index is 0.0772. The van der Waals surface area contributed by atoms with E-state index in [0.717, 1.165) is 47.0 Å². The van der Waals surface area contributed by atoms with E-state index in [1.165, 1.54) is 0 Å². The number of benzene rings is 1. The van der Waals surface area contributed by atoms with Crippen LogP contribution in [0.2, 0.25) is 0 Å². The van der Waals surface area contributed by atoms with E-state index in [1.54, 1.807) is 14.2 Å². The number of nitrogens with one attached hydrogen (secondary N) is 2. The SMILES string of the molecule is COc1cc(C)c(CN2CCc3c([nH]c(=S)[nH]c3=O)C2)c(OC)c1. The van der Waals surface area contributed by atoms with Gasteiger partial charge in [0.2, 0.25) is 0 Å². The Hall–Kier alpha value is -2.12. The van der Waals surface area contributed by atoms with E-state index in [4.69, 9.17) is 21.7 Å². The van der Waals surface area contributed by atoms with Crippen molar-refractivity contribution in [1.82, 2.24) is 14.9 Å². The van der Waals surface area contributed by atoms with Gasteiger partial charge in [0.1, 0.15) is 11.5 Å². The molecular formula is C17H21N3O3S. The fourth-order valence-electron chi connectivity index (χ4n) is 3.15. The van der Waals surface area contributed by atoms with Crippen LogP contribution < -0.4 is 15.0 Å². The summed E-state index contributed by atoms with van der Waals surface area (Å²) in [7, 11) is 3.31.